The maximum atomic E-state index is 12.5. The standard InChI is InChI=1S/C14H12N2O5/c1-7-3-5-8(6-4-7)16-12(17)9-10(14(19)20-2)15-21-11(9)13(16)18/h3-6,9,11H,1-2H3/t9-,11+/m1/s1. The number of ether oxygens (including phenoxy) is 1. The maximum Gasteiger partial charge on any atom is 0.356 e. The molecule has 0 unspecified atom stereocenters. The predicted molar refractivity (Wildman–Crippen MR) is 71.5 cm³/mol. The van der Waals surface area contributed by atoms with Gasteiger partial charge in [0.1, 0.15) is 5.92 Å². The van der Waals surface area contributed by atoms with Crippen molar-refractivity contribution < 1.29 is 24.0 Å². The molecule has 0 bridgehead atoms. The molecule has 2 atom stereocenters. The molecule has 0 spiro atoms. The smallest absolute Gasteiger partial charge is 0.356 e. The molecule has 0 aliphatic carbocycles. The lowest BCUT2D eigenvalue weighted by molar-refractivity contribution is -0.133. The van der Waals surface area contributed by atoms with Gasteiger partial charge in [-0.3, -0.25) is 9.59 Å². The summed E-state index contributed by atoms with van der Waals surface area (Å²) in [7, 11) is 1.18. The molecule has 2 heterocycles. The van der Waals surface area contributed by atoms with Gasteiger partial charge in [0, 0.05) is 0 Å². The zero-order valence-electron chi connectivity index (χ0n) is 11.4. The highest BCUT2D eigenvalue weighted by atomic mass is 16.7. The van der Waals surface area contributed by atoms with Gasteiger partial charge in [-0.25, -0.2) is 9.69 Å². The average Bonchev–Trinajstić information content (AvgIpc) is 3.01. The highest BCUT2D eigenvalue weighted by molar-refractivity contribution is 6.46. The fourth-order valence-corrected chi connectivity index (χ4v) is 2.40. The van der Waals surface area contributed by atoms with Crippen molar-refractivity contribution in [1.82, 2.24) is 0 Å². The molecule has 1 saturated heterocycles. The minimum atomic E-state index is -1.09. The number of rotatable bonds is 2. The van der Waals surface area contributed by atoms with E-state index < -0.39 is 29.8 Å². The number of nitrogens with zero attached hydrogens (tertiary/aromatic N) is 2. The second kappa shape index (κ2) is 4.69. The molecule has 0 N–H and O–H groups in total. The Kier molecular flexibility index (Phi) is 2.97. The van der Waals surface area contributed by atoms with Crippen molar-refractivity contribution in [2.45, 2.75) is 13.0 Å². The average molecular weight is 288 g/mol. The van der Waals surface area contributed by atoms with Crippen molar-refractivity contribution in [2.24, 2.45) is 11.1 Å². The first-order valence-corrected chi connectivity index (χ1v) is 6.31. The van der Waals surface area contributed by atoms with Gasteiger partial charge >= 0.3 is 5.97 Å². The SMILES string of the molecule is COC(=O)C1=NO[C@@H]2C(=O)N(c3ccc(C)cc3)C(=O)[C@H]12. The van der Waals surface area contributed by atoms with Crippen LogP contribution in [-0.4, -0.2) is 36.7 Å². The third-order valence-corrected chi connectivity index (χ3v) is 3.50. The van der Waals surface area contributed by atoms with Crippen molar-refractivity contribution in [2.75, 3.05) is 12.0 Å². The first-order chi connectivity index (χ1) is 10.0. The second-order valence-electron chi connectivity index (χ2n) is 4.82. The molecule has 1 aromatic carbocycles. The summed E-state index contributed by atoms with van der Waals surface area (Å²) in [4.78, 5) is 42.3. The molecule has 1 aromatic rings. The third-order valence-electron chi connectivity index (χ3n) is 3.50. The van der Waals surface area contributed by atoms with Crippen LogP contribution in [-0.2, 0) is 24.0 Å². The third kappa shape index (κ3) is 1.89. The van der Waals surface area contributed by atoms with E-state index in [4.69, 9.17) is 4.84 Å². The van der Waals surface area contributed by atoms with Crippen LogP contribution < -0.4 is 4.90 Å². The number of hydrogen-bond acceptors (Lipinski definition) is 6. The van der Waals surface area contributed by atoms with Crippen LogP contribution in [0.4, 0.5) is 5.69 Å². The molecule has 2 aliphatic heterocycles. The number of fused-ring (bicyclic) bond motifs is 1. The van der Waals surface area contributed by atoms with Crippen LogP contribution in [0.15, 0.2) is 29.4 Å². The Hall–Kier alpha value is -2.70. The number of methoxy groups -OCH3 is 1. The lowest BCUT2D eigenvalue weighted by atomic mass is 10.00. The minimum absolute atomic E-state index is 0.171. The number of anilines is 1. The van der Waals surface area contributed by atoms with Gasteiger partial charge in [-0.2, -0.15) is 0 Å². The maximum absolute atomic E-state index is 12.5. The minimum Gasteiger partial charge on any atom is -0.464 e. The summed E-state index contributed by atoms with van der Waals surface area (Å²) >= 11 is 0. The summed E-state index contributed by atoms with van der Waals surface area (Å²) < 4.78 is 4.55. The monoisotopic (exact) mass is 288 g/mol. The highest BCUT2D eigenvalue weighted by Crippen LogP contribution is 2.33. The number of benzene rings is 1. The first-order valence-electron chi connectivity index (χ1n) is 6.31. The molecule has 7 heteroatoms. The molecule has 3 rings (SSSR count). The number of oxime groups is 1. The molecule has 1 fully saturated rings. The van der Waals surface area contributed by atoms with Crippen molar-refractivity contribution in [3.8, 4) is 0 Å². The fraction of sp³-hybridized carbons (Fsp3) is 0.286. The normalized spacial score (nSPS) is 23.7. The summed E-state index contributed by atoms with van der Waals surface area (Å²) in [6, 6.07) is 6.92. The number of esters is 1. The van der Waals surface area contributed by atoms with E-state index in [9.17, 15) is 14.4 Å². The van der Waals surface area contributed by atoms with Crippen LogP contribution in [0.1, 0.15) is 5.56 Å². The van der Waals surface area contributed by atoms with Crippen molar-refractivity contribution >= 4 is 29.2 Å². The van der Waals surface area contributed by atoms with Gasteiger partial charge in [-0.15, -0.1) is 0 Å². The van der Waals surface area contributed by atoms with E-state index >= 15 is 0 Å². The van der Waals surface area contributed by atoms with Gasteiger partial charge in [-0.1, -0.05) is 22.9 Å². The zero-order chi connectivity index (χ0) is 15.1. The van der Waals surface area contributed by atoms with E-state index in [1.165, 1.54) is 7.11 Å². The Labute approximate surface area is 120 Å². The number of hydrogen-bond donors (Lipinski definition) is 0. The fourth-order valence-electron chi connectivity index (χ4n) is 2.40. The largest absolute Gasteiger partial charge is 0.464 e. The Morgan fingerprint density at radius 2 is 1.90 bits per heavy atom. The van der Waals surface area contributed by atoms with Crippen LogP contribution in [0.5, 0.6) is 0 Å². The summed E-state index contributed by atoms with van der Waals surface area (Å²) in [5.41, 5.74) is 1.28. The molecule has 7 nitrogen and oxygen atoms in total. The van der Waals surface area contributed by atoms with E-state index in [0.717, 1.165) is 10.5 Å². The molecule has 0 saturated carbocycles. The molecule has 0 radical (unpaired) electrons. The Bertz CT molecular complexity index is 664. The molecule has 2 aliphatic rings. The van der Waals surface area contributed by atoms with Crippen LogP contribution in [0.25, 0.3) is 0 Å². The van der Waals surface area contributed by atoms with E-state index in [1.54, 1.807) is 24.3 Å². The molecular formula is C14H12N2O5. The van der Waals surface area contributed by atoms with Gasteiger partial charge < -0.3 is 9.57 Å². The van der Waals surface area contributed by atoms with Crippen LogP contribution in [0.2, 0.25) is 0 Å². The quantitative estimate of drug-likeness (QED) is 0.581. The van der Waals surface area contributed by atoms with Gasteiger partial charge in [-0.05, 0) is 19.1 Å². The van der Waals surface area contributed by atoms with Gasteiger partial charge in [0.2, 0.25) is 12.0 Å². The highest BCUT2D eigenvalue weighted by Gasteiger charge is 2.57. The van der Waals surface area contributed by atoms with Gasteiger partial charge in [0.15, 0.2) is 5.71 Å². The summed E-state index contributed by atoms with van der Waals surface area (Å²) in [5.74, 6) is -2.87. The molecule has 0 aromatic heterocycles. The number of imide groups is 1. The van der Waals surface area contributed by atoms with Crippen LogP contribution in [0, 0.1) is 12.8 Å². The van der Waals surface area contributed by atoms with Crippen molar-refractivity contribution in [3.05, 3.63) is 29.8 Å². The van der Waals surface area contributed by atoms with E-state index in [-0.39, 0.29) is 5.71 Å². The van der Waals surface area contributed by atoms with Gasteiger partial charge in [0.05, 0.1) is 12.8 Å². The van der Waals surface area contributed by atoms with Crippen LogP contribution in [0.3, 0.4) is 0 Å². The predicted octanol–water partition coefficient (Wildman–Crippen LogP) is 0.412. The van der Waals surface area contributed by atoms with E-state index in [2.05, 4.69) is 9.89 Å². The Morgan fingerprint density at radius 1 is 1.24 bits per heavy atom. The van der Waals surface area contributed by atoms with E-state index in [1.807, 2.05) is 6.92 Å². The number of aryl methyl sites for hydroxylation is 1. The molecule has 21 heavy (non-hydrogen) atoms. The van der Waals surface area contributed by atoms with Crippen molar-refractivity contribution in [1.29, 1.82) is 0 Å². The Balaban J connectivity index is 1.95. The summed E-state index contributed by atoms with van der Waals surface area (Å²) in [6.45, 7) is 1.90. The first kappa shape index (κ1) is 13.3. The van der Waals surface area contributed by atoms with Crippen LogP contribution >= 0.6 is 0 Å². The van der Waals surface area contributed by atoms with E-state index in [0.29, 0.717) is 5.69 Å². The van der Waals surface area contributed by atoms with Crippen molar-refractivity contribution in [3.63, 3.8) is 0 Å². The lowest BCUT2D eigenvalue weighted by Crippen LogP contribution is -2.34. The second-order valence-corrected chi connectivity index (χ2v) is 4.82. The number of carbonyl (C=O) groups is 3. The summed E-state index contributed by atoms with van der Waals surface area (Å²) in [5, 5.41) is 3.51. The number of amides is 2. The molecule has 2 amide bonds. The molecular weight excluding hydrogens is 276 g/mol. The zero-order valence-corrected chi connectivity index (χ0v) is 11.4. The Morgan fingerprint density at radius 3 is 2.52 bits per heavy atom. The lowest BCUT2D eigenvalue weighted by Gasteiger charge is -2.15. The summed E-state index contributed by atoms with van der Waals surface area (Å²) in [6.07, 6.45) is -1.09. The number of carbonyl (C=O) groups excluding carboxylic acids is 3. The topological polar surface area (TPSA) is 85.3 Å². The van der Waals surface area contributed by atoms with Gasteiger partial charge in [0.25, 0.3) is 5.91 Å². The molecule has 108 valence electrons.